The first-order valence-corrected chi connectivity index (χ1v) is 5.93. The molecule has 1 saturated heterocycles. The van der Waals surface area contributed by atoms with Crippen LogP contribution in [-0.2, 0) is 16.0 Å². The minimum absolute atomic E-state index is 0.139. The molecule has 1 aromatic heterocycles. The first-order valence-electron chi connectivity index (χ1n) is 5.93. The van der Waals surface area contributed by atoms with Crippen molar-refractivity contribution in [3.63, 3.8) is 0 Å². The topological polar surface area (TPSA) is 77.2 Å². The van der Waals surface area contributed by atoms with E-state index < -0.39 is 11.7 Å². The Bertz CT molecular complexity index is 433. The molecule has 3 N–H and O–H groups in total. The number of rotatable bonds is 3. The van der Waals surface area contributed by atoms with Gasteiger partial charge in [0.05, 0.1) is 12.1 Å². The normalized spacial score (nSPS) is 16.6. The molecule has 0 saturated carbocycles. The van der Waals surface area contributed by atoms with Gasteiger partial charge in [-0.1, -0.05) is 0 Å². The van der Waals surface area contributed by atoms with Crippen LogP contribution in [0, 0.1) is 5.82 Å². The number of hydrogen-bond donors (Lipinski definition) is 2. The maximum atomic E-state index is 13.5. The van der Waals surface area contributed by atoms with E-state index in [-0.39, 0.29) is 18.0 Å². The molecule has 1 aromatic rings. The smallest absolute Gasteiger partial charge is 0.240 e. The third-order valence-corrected chi connectivity index (χ3v) is 3.07. The Kier molecular flexibility index (Phi) is 4.22. The lowest BCUT2D eigenvalue weighted by Crippen LogP contribution is -2.32. The molecule has 98 valence electrons. The average molecular weight is 253 g/mol. The Balaban J connectivity index is 2.16. The zero-order valence-electron chi connectivity index (χ0n) is 9.99. The van der Waals surface area contributed by atoms with Crippen LogP contribution in [0.1, 0.15) is 30.1 Å². The number of hydrazine groups is 1. The van der Waals surface area contributed by atoms with E-state index >= 15 is 0 Å². The van der Waals surface area contributed by atoms with E-state index in [9.17, 15) is 9.18 Å². The molecule has 2 rings (SSSR count). The number of hydrogen-bond acceptors (Lipinski definition) is 4. The van der Waals surface area contributed by atoms with Gasteiger partial charge in [0, 0.05) is 24.8 Å². The van der Waals surface area contributed by atoms with Gasteiger partial charge in [0.25, 0.3) is 0 Å². The average Bonchev–Trinajstić information content (AvgIpc) is 2.42. The van der Waals surface area contributed by atoms with Crippen molar-refractivity contribution in [3.8, 4) is 0 Å². The fraction of sp³-hybridized carbons (Fsp3) is 0.500. The van der Waals surface area contributed by atoms with E-state index in [2.05, 4.69) is 4.98 Å². The predicted molar refractivity (Wildman–Crippen MR) is 63.0 cm³/mol. The number of nitrogens with two attached hydrogens (primary N) is 1. The van der Waals surface area contributed by atoms with Crippen LogP contribution in [0.3, 0.4) is 0 Å². The Morgan fingerprint density at radius 1 is 1.50 bits per heavy atom. The van der Waals surface area contributed by atoms with Gasteiger partial charge in [-0.3, -0.25) is 15.2 Å². The number of carbonyl (C=O) groups excluding carboxylic acids is 1. The van der Waals surface area contributed by atoms with Crippen molar-refractivity contribution in [2.75, 3.05) is 13.2 Å². The molecule has 6 heteroatoms. The van der Waals surface area contributed by atoms with Crippen molar-refractivity contribution < 1.29 is 13.9 Å². The number of carbonyl (C=O) groups is 1. The van der Waals surface area contributed by atoms with Crippen LogP contribution in [0.2, 0.25) is 0 Å². The molecule has 5 nitrogen and oxygen atoms in total. The predicted octanol–water partition coefficient (Wildman–Crippen LogP) is 0.647. The number of halogens is 1. The number of aromatic nitrogens is 1. The largest absolute Gasteiger partial charge is 0.381 e. The Labute approximate surface area is 105 Å². The van der Waals surface area contributed by atoms with E-state index in [4.69, 9.17) is 10.6 Å². The van der Waals surface area contributed by atoms with Crippen LogP contribution in [0.15, 0.2) is 12.1 Å². The standard InChI is InChI=1S/C12H16FN3O2/c13-9-1-2-10(8-3-5-18-6-4-8)15-11(9)7-12(17)16-14/h1-2,8H,3-7,14H2,(H,16,17). The minimum atomic E-state index is -0.477. The van der Waals surface area contributed by atoms with Gasteiger partial charge < -0.3 is 4.74 Å². The molecule has 18 heavy (non-hydrogen) atoms. The molecule has 2 heterocycles. The molecule has 0 aromatic carbocycles. The van der Waals surface area contributed by atoms with Gasteiger partial charge in [0.2, 0.25) is 5.91 Å². The highest BCUT2D eigenvalue weighted by Crippen LogP contribution is 2.26. The highest BCUT2D eigenvalue weighted by Gasteiger charge is 2.19. The lowest BCUT2D eigenvalue weighted by molar-refractivity contribution is -0.120. The lowest BCUT2D eigenvalue weighted by Gasteiger charge is -2.21. The maximum absolute atomic E-state index is 13.5. The fourth-order valence-electron chi connectivity index (χ4n) is 2.05. The van der Waals surface area contributed by atoms with Crippen LogP contribution >= 0.6 is 0 Å². The van der Waals surface area contributed by atoms with Crippen molar-refractivity contribution in [1.82, 2.24) is 10.4 Å². The summed E-state index contributed by atoms with van der Waals surface area (Å²) in [5, 5.41) is 0. The molecule has 0 bridgehead atoms. The molecule has 0 unspecified atom stereocenters. The monoisotopic (exact) mass is 253 g/mol. The quantitative estimate of drug-likeness (QED) is 0.471. The van der Waals surface area contributed by atoms with Crippen LogP contribution in [-0.4, -0.2) is 24.1 Å². The maximum Gasteiger partial charge on any atom is 0.240 e. The Hall–Kier alpha value is -1.53. The van der Waals surface area contributed by atoms with Gasteiger partial charge in [-0.05, 0) is 25.0 Å². The minimum Gasteiger partial charge on any atom is -0.381 e. The third kappa shape index (κ3) is 3.02. The van der Waals surface area contributed by atoms with Gasteiger partial charge in [-0.25, -0.2) is 10.2 Å². The molecule has 1 fully saturated rings. The van der Waals surface area contributed by atoms with Gasteiger partial charge >= 0.3 is 0 Å². The molecular formula is C12H16FN3O2. The lowest BCUT2D eigenvalue weighted by atomic mass is 9.95. The second-order valence-corrected chi connectivity index (χ2v) is 4.30. The van der Waals surface area contributed by atoms with E-state index in [0.29, 0.717) is 13.2 Å². The van der Waals surface area contributed by atoms with Crippen molar-refractivity contribution in [1.29, 1.82) is 0 Å². The Morgan fingerprint density at radius 2 is 2.22 bits per heavy atom. The van der Waals surface area contributed by atoms with Gasteiger partial charge in [-0.15, -0.1) is 0 Å². The van der Waals surface area contributed by atoms with Crippen molar-refractivity contribution in [2.45, 2.75) is 25.2 Å². The summed E-state index contributed by atoms with van der Waals surface area (Å²) in [5.74, 6) is 4.33. The number of nitrogens with zero attached hydrogens (tertiary/aromatic N) is 1. The van der Waals surface area contributed by atoms with Crippen LogP contribution in [0.25, 0.3) is 0 Å². The number of pyridine rings is 1. The highest BCUT2D eigenvalue weighted by molar-refractivity contribution is 5.77. The van der Waals surface area contributed by atoms with Crippen LogP contribution < -0.4 is 11.3 Å². The summed E-state index contributed by atoms with van der Waals surface area (Å²) in [6.45, 7) is 1.39. The SMILES string of the molecule is NNC(=O)Cc1nc(C2CCOCC2)ccc1F. The fourth-order valence-corrected chi connectivity index (χ4v) is 2.05. The van der Waals surface area contributed by atoms with Gasteiger partial charge in [0.1, 0.15) is 5.82 Å². The van der Waals surface area contributed by atoms with E-state index in [0.717, 1.165) is 18.5 Å². The van der Waals surface area contributed by atoms with E-state index in [1.54, 1.807) is 6.07 Å². The molecule has 0 atom stereocenters. The van der Waals surface area contributed by atoms with Crippen LogP contribution in [0.4, 0.5) is 4.39 Å². The summed E-state index contributed by atoms with van der Waals surface area (Å²) < 4.78 is 18.8. The molecular weight excluding hydrogens is 237 g/mol. The van der Waals surface area contributed by atoms with Gasteiger partial charge in [-0.2, -0.15) is 0 Å². The summed E-state index contributed by atoms with van der Waals surface area (Å²) in [6, 6.07) is 3.03. The van der Waals surface area contributed by atoms with E-state index in [1.807, 2.05) is 5.43 Å². The summed E-state index contributed by atoms with van der Waals surface area (Å²) in [4.78, 5) is 15.4. The summed E-state index contributed by atoms with van der Waals surface area (Å²) in [6.07, 6.45) is 1.61. The van der Waals surface area contributed by atoms with Crippen LogP contribution in [0.5, 0.6) is 0 Å². The second kappa shape index (κ2) is 5.88. The number of nitrogens with one attached hydrogen (secondary N) is 1. The molecule has 1 aliphatic rings. The third-order valence-electron chi connectivity index (χ3n) is 3.07. The summed E-state index contributed by atoms with van der Waals surface area (Å²) in [5.41, 5.74) is 2.93. The van der Waals surface area contributed by atoms with Crippen molar-refractivity contribution >= 4 is 5.91 Å². The molecule has 0 spiro atoms. The van der Waals surface area contributed by atoms with Crippen molar-refractivity contribution in [2.24, 2.45) is 5.84 Å². The summed E-state index contributed by atoms with van der Waals surface area (Å²) >= 11 is 0. The number of amides is 1. The zero-order valence-corrected chi connectivity index (χ0v) is 9.99. The van der Waals surface area contributed by atoms with Crippen molar-refractivity contribution in [3.05, 3.63) is 29.3 Å². The highest BCUT2D eigenvalue weighted by atomic mass is 19.1. The molecule has 1 aliphatic heterocycles. The summed E-state index contributed by atoms with van der Waals surface area (Å²) in [7, 11) is 0. The first kappa shape index (κ1) is 12.9. The van der Waals surface area contributed by atoms with E-state index in [1.165, 1.54) is 6.07 Å². The molecule has 0 aliphatic carbocycles. The number of ether oxygens (including phenoxy) is 1. The Morgan fingerprint density at radius 3 is 2.89 bits per heavy atom. The first-order chi connectivity index (χ1) is 8.70. The molecule has 1 amide bonds. The molecule has 0 radical (unpaired) electrons. The zero-order chi connectivity index (χ0) is 13.0. The second-order valence-electron chi connectivity index (χ2n) is 4.30. The van der Waals surface area contributed by atoms with Gasteiger partial charge in [0.15, 0.2) is 0 Å².